The van der Waals surface area contributed by atoms with E-state index in [4.69, 9.17) is 0 Å². The van der Waals surface area contributed by atoms with Gasteiger partial charge in [0.25, 0.3) is 5.84 Å². The third kappa shape index (κ3) is 1.59. The number of aliphatic imine (C=N–C) groups is 2. The van der Waals surface area contributed by atoms with Gasteiger partial charge in [-0.05, 0) is 12.1 Å². The van der Waals surface area contributed by atoms with Crippen molar-refractivity contribution in [2.24, 2.45) is 9.98 Å². The molecule has 0 saturated carbocycles. The number of aromatic nitrogens is 1. The van der Waals surface area contributed by atoms with Crippen LogP contribution in [0.25, 0.3) is 0 Å². The molecular formula is C12H10N5O2+. The van der Waals surface area contributed by atoms with Crippen LogP contribution in [0.15, 0.2) is 34.4 Å². The number of fused-ring (bicyclic) bond motifs is 1. The maximum absolute atomic E-state index is 12.0. The molecule has 0 saturated heterocycles. The molecule has 19 heavy (non-hydrogen) atoms. The van der Waals surface area contributed by atoms with E-state index in [1.807, 2.05) is 0 Å². The zero-order valence-corrected chi connectivity index (χ0v) is 10.4. The van der Waals surface area contributed by atoms with Gasteiger partial charge in [-0.2, -0.15) is 14.5 Å². The largest absolute Gasteiger partial charge is 0.446 e. The van der Waals surface area contributed by atoms with Crippen LogP contribution in [0.4, 0.5) is 4.79 Å². The molecule has 2 aliphatic heterocycles. The van der Waals surface area contributed by atoms with Gasteiger partial charge in [0.1, 0.15) is 5.69 Å². The highest BCUT2D eigenvalue weighted by Gasteiger charge is 2.44. The molecule has 7 heteroatoms. The van der Waals surface area contributed by atoms with E-state index < -0.39 is 11.9 Å². The molecule has 0 unspecified atom stereocenters. The third-order valence-electron chi connectivity index (χ3n) is 2.93. The van der Waals surface area contributed by atoms with Crippen LogP contribution in [0.5, 0.6) is 0 Å². The Kier molecular flexibility index (Phi) is 2.34. The van der Waals surface area contributed by atoms with Gasteiger partial charge in [-0.1, -0.05) is 11.1 Å². The first-order valence-electron chi connectivity index (χ1n) is 5.61. The molecule has 0 bridgehead atoms. The van der Waals surface area contributed by atoms with Crippen LogP contribution in [-0.2, 0) is 4.79 Å². The van der Waals surface area contributed by atoms with Gasteiger partial charge in [0.05, 0.1) is 14.1 Å². The Balaban J connectivity index is 2.14. The number of pyridine rings is 1. The minimum Gasteiger partial charge on any atom is -0.251 e. The van der Waals surface area contributed by atoms with Crippen molar-refractivity contribution in [2.75, 3.05) is 14.1 Å². The van der Waals surface area contributed by atoms with E-state index in [1.54, 1.807) is 31.4 Å². The van der Waals surface area contributed by atoms with Crippen molar-refractivity contribution in [1.82, 2.24) is 9.88 Å². The SMILES string of the molecule is CN1C(=O)C2=NC(c3ccccn3)=NC2=[N+](C)C1=O. The molecule has 3 heterocycles. The Labute approximate surface area is 108 Å². The standard InChI is InChI=1S/C12H10N5O2/c1-16-10-8(11(18)17(2)12(16)19)14-9(15-10)7-5-3-4-6-13-7/h3-6H,1-2H3/q+1. The summed E-state index contributed by atoms with van der Waals surface area (Å²) >= 11 is 0. The summed E-state index contributed by atoms with van der Waals surface area (Å²) in [5.74, 6) is 0.162. The molecule has 0 atom stereocenters. The lowest BCUT2D eigenvalue weighted by Gasteiger charge is -2.15. The highest BCUT2D eigenvalue weighted by Crippen LogP contribution is 2.13. The number of amides is 3. The molecule has 2 aliphatic rings. The van der Waals surface area contributed by atoms with E-state index in [1.165, 1.54) is 11.6 Å². The van der Waals surface area contributed by atoms with Crippen LogP contribution < -0.4 is 0 Å². The van der Waals surface area contributed by atoms with Crippen LogP contribution in [0, 0.1) is 0 Å². The number of rotatable bonds is 1. The number of imide groups is 1. The summed E-state index contributed by atoms with van der Waals surface area (Å²) < 4.78 is 1.30. The van der Waals surface area contributed by atoms with Crippen molar-refractivity contribution in [1.29, 1.82) is 0 Å². The summed E-state index contributed by atoms with van der Waals surface area (Å²) in [6, 6.07) is 4.91. The summed E-state index contributed by atoms with van der Waals surface area (Å²) in [5, 5.41) is 0. The molecule has 3 amide bonds. The molecular weight excluding hydrogens is 246 g/mol. The van der Waals surface area contributed by atoms with Gasteiger partial charge in [0, 0.05) is 6.20 Å². The summed E-state index contributed by atoms with van der Waals surface area (Å²) in [5.41, 5.74) is 0.735. The van der Waals surface area contributed by atoms with E-state index in [0.29, 0.717) is 11.5 Å². The predicted octanol–water partition coefficient (Wildman–Crippen LogP) is -0.0844. The predicted molar refractivity (Wildman–Crippen MR) is 67.6 cm³/mol. The lowest BCUT2D eigenvalue weighted by molar-refractivity contribution is -0.401. The Hall–Kier alpha value is -2.70. The highest BCUT2D eigenvalue weighted by atomic mass is 16.2. The second kappa shape index (κ2) is 3.91. The van der Waals surface area contributed by atoms with Gasteiger partial charge >= 0.3 is 17.8 Å². The van der Waals surface area contributed by atoms with Gasteiger partial charge in [0.2, 0.25) is 5.71 Å². The number of hydrogen-bond donors (Lipinski definition) is 0. The molecule has 1 aromatic heterocycles. The normalized spacial score (nSPS) is 18.5. The quantitative estimate of drug-likeness (QED) is 0.659. The van der Waals surface area contributed by atoms with Crippen LogP contribution >= 0.6 is 0 Å². The monoisotopic (exact) mass is 256 g/mol. The average molecular weight is 256 g/mol. The first kappa shape index (κ1) is 11.4. The van der Waals surface area contributed by atoms with Gasteiger partial charge in [0.15, 0.2) is 0 Å². The van der Waals surface area contributed by atoms with Crippen LogP contribution in [0.1, 0.15) is 5.69 Å². The first-order chi connectivity index (χ1) is 9.09. The van der Waals surface area contributed by atoms with E-state index in [0.717, 1.165) is 4.90 Å². The fourth-order valence-electron chi connectivity index (χ4n) is 1.88. The second-order valence-electron chi connectivity index (χ2n) is 4.14. The molecule has 7 nitrogen and oxygen atoms in total. The number of carbonyl (C=O) groups is 2. The zero-order valence-electron chi connectivity index (χ0n) is 10.4. The van der Waals surface area contributed by atoms with E-state index >= 15 is 0 Å². The van der Waals surface area contributed by atoms with Crippen LogP contribution in [0.2, 0.25) is 0 Å². The highest BCUT2D eigenvalue weighted by molar-refractivity contribution is 6.70. The Morgan fingerprint density at radius 3 is 2.68 bits per heavy atom. The minimum atomic E-state index is -0.451. The van der Waals surface area contributed by atoms with Crippen molar-refractivity contribution >= 4 is 29.3 Å². The van der Waals surface area contributed by atoms with E-state index in [-0.39, 0.29) is 11.5 Å². The van der Waals surface area contributed by atoms with Gasteiger partial charge in [-0.3, -0.25) is 4.98 Å². The van der Waals surface area contributed by atoms with Crippen molar-refractivity contribution < 1.29 is 14.2 Å². The molecule has 0 spiro atoms. The molecule has 1 aromatic rings. The van der Waals surface area contributed by atoms with Crippen molar-refractivity contribution in [3.63, 3.8) is 0 Å². The maximum Gasteiger partial charge on any atom is 0.446 e. The molecule has 0 fully saturated rings. The lowest BCUT2D eigenvalue weighted by Crippen LogP contribution is -2.51. The number of nitrogens with zero attached hydrogens (tertiary/aromatic N) is 5. The van der Waals surface area contributed by atoms with Crippen LogP contribution in [0.3, 0.4) is 0 Å². The smallest absolute Gasteiger partial charge is 0.251 e. The topological polar surface area (TPSA) is 78.0 Å². The maximum atomic E-state index is 12.0. The lowest BCUT2D eigenvalue weighted by atomic mass is 10.2. The van der Waals surface area contributed by atoms with Gasteiger partial charge < -0.3 is 0 Å². The molecule has 0 aromatic carbocycles. The van der Waals surface area contributed by atoms with Crippen molar-refractivity contribution in [3.8, 4) is 0 Å². The van der Waals surface area contributed by atoms with Gasteiger partial charge in [-0.25, -0.2) is 9.59 Å². The summed E-state index contributed by atoms with van der Waals surface area (Å²) in [7, 11) is 2.97. The minimum absolute atomic E-state index is 0.172. The summed E-state index contributed by atoms with van der Waals surface area (Å²) in [6.07, 6.45) is 1.62. The molecule has 3 rings (SSSR count). The van der Waals surface area contributed by atoms with E-state index in [2.05, 4.69) is 15.0 Å². The molecule has 0 N–H and O–H groups in total. The molecule has 0 aliphatic carbocycles. The molecule has 0 radical (unpaired) electrons. The third-order valence-corrected chi connectivity index (χ3v) is 2.93. The Morgan fingerprint density at radius 2 is 2.00 bits per heavy atom. The van der Waals surface area contributed by atoms with Crippen LogP contribution in [-0.4, -0.2) is 57.9 Å². The van der Waals surface area contributed by atoms with Crippen molar-refractivity contribution in [3.05, 3.63) is 30.1 Å². The Bertz CT molecular complexity index is 687. The van der Waals surface area contributed by atoms with Crippen molar-refractivity contribution in [2.45, 2.75) is 0 Å². The number of amidine groups is 2. The fraction of sp³-hybridized carbons (Fsp3) is 0.167. The number of carbonyl (C=O) groups excluding carboxylic acids is 2. The number of urea groups is 1. The fourth-order valence-corrected chi connectivity index (χ4v) is 1.88. The zero-order chi connectivity index (χ0) is 13.6. The Morgan fingerprint density at radius 1 is 1.21 bits per heavy atom. The average Bonchev–Trinajstić information content (AvgIpc) is 2.89. The summed E-state index contributed by atoms with van der Waals surface area (Å²) in [4.78, 5) is 37.3. The van der Waals surface area contributed by atoms with E-state index in [9.17, 15) is 9.59 Å². The first-order valence-corrected chi connectivity index (χ1v) is 5.61. The summed E-state index contributed by atoms with van der Waals surface area (Å²) in [6.45, 7) is 0. The molecule has 94 valence electrons. The van der Waals surface area contributed by atoms with Gasteiger partial charge in [-0.15, -0.1) is 0 Å². The second-order valence-corrected chi connectivity index (χ2v) is 4.14. The number of hydrogen-bond acceptors (Lipinski definition) is 5.